The molecule has 1 aliphatic rings. The molecule has 1 aromatic heterocycles. The number of hydrogen-bond acceptors (Lipinski definition) is 3. The Balaban J connectivity index is 1.54. The van der Waals surface area contributed by atoms with Crippen LogP contribution < -0.4 is 10.1 Å². The summed E-state index contributed by atoms with van der Waals surface area (Å²) >= 11 is 0. The quantitative estimate of drug-likeness (QED) is 0.935. The molecule has 0 unspecified atom stereocenters. The van der Waals surface area contributed by atoms with Crippen LogP contribution in [0.3, 0.4) is 0 Å². The SMILES string of the molecule is Cc1nn(C)c(C)c1CC(=O)NC[C@@H]1Cc2ccccc2O1. The van der Waals surface area contributed by atoms with Crippen LogP contribution in [-0.2, 0) is 24.7 Å². The normalized spacial score (nSPS) is 16.2. The third kappa shape index (κ3) is 2.84. The molecule has 116 valence electrons. The fourth-order valence-electron chi connectivity index (χ4n) is 2.89. The molecule has 5 nitrogen and oxygen atoms in total. The van der Waals surface area contributed by atoms with Crippen molar-refractivity contribution in [3.63, 3.8) is 0 Å². The van der Waals surface area contributed by atoms with Crippen molar-refractivity contribution in [3.8, 4) is 5.75 Å². The number of carbonyl (C=O) groups is 1. The summed E-state index contributed by atoms with van der Waals surface area (Å²) < 4.78 is 7.64. The van der Waals surface area contributed by atoms with Gasteiger partial charge >= 0.3 is 0 Å². The Morgan fingerprint density at radius 3 is 2.86 bits per heavy atom. The molecule has 2 heterocycles. The first-order chi connectivity index (χ1) is 10.5. The first kappa shape index (κ1) is 14.6. The Morgan fingerprint density at radius 1 is 1.41 bits per heavy atom. The minimum Gasteiger partial charge on any atom is -0.488 e. The van der Waals surface area contributed by atoms with Crippen molar-refractivity contribution < 1.29 is 9.53 Å². The van der Waals surface area contributed by atoms with Crippen LogP contribution in [0.25, 0.3) is 0 Å². The van der Waals surface area contributed by atoms with Crippen LogP contribution in [0.15, 0.2) is 24.3 Å². The lowest BCUT2D eigenvalue weighted by Crippen LogP contribution is -2.35. The van der Waals surface area contributed by atoms with Gasteiger partial charge in [-0.25, -0.2) is 0 Å². The molecule has 0 radical (unpaired) electrons. The Morgan fingerprint density at radius 2 is 2.18 bits per heavy atom. The molecule has 0 spiro atoms. The molecule has 0 fully saturated rings. The second-order valence-corrected chi connectivity index (χ2v) is 5.81. The lowest BCUT2D eigenvalue weighted by molar-refractivity contribution is -0.120. The minimum absolute atomic E-state index is 0.0127. The first-order valence-corrected chi connectivity index (χ1v) is 7.55. The van der Waals surface area contributed by atoms with Gasteiger partial charge < -0.3 is 10.1 Å². The highest BCUT2D eigenvalue weighted by molar-refractivity contribution is 5.79. The molecule has 5 heteroatoms. The number of fused-ring (bicyclic) bond motifs is 1. The summed E-state index contributed by atoms with van der Waals surface area (Å²) in [6.07, 6.45) is 1.24. The summed E-state index contributed by atoms with van der Waals surface area (Å²) in [7, 11) is 1.90. The molecular weight excluding hydrogens is 278 g/mol. The number of aryl methyl sites for hydroxylation is 2. The predicted molar refractivity (Wildman–Crippen MR) is 84.0 cm³/mol. The molecule has 22 heavy (non-hydrogen) atoms. The van der Waals surface area contributed by atoms with E-state index in [2.05, 4.69) is 16.5 Å². The van der Waals surface area contributed by atoms with E-state index in [1.807, 2.05) is 43.8 Å². The molecule has 0 saturated heterocycles. The number of para-hydroxylation sites is 1. The lowest BCUT2D eigenvalue weighted by atomic mass is 10.1. The highest BCUT2D eigenvalue weighted by atomic mass is 16.5. The van der Waals surface area contributed by atoms with Crippen LogP contribution in [0.4, 0.5) is 0 Å². The van der Waals surface area contributed by atoms with Crippen LogP contribution in [0, 0.1) is 13.8 Å². The lowest BCUT2D eigenvalue weighted by Gasteiger charge is -2.12. The van der Waals surface area contributed by atoms with Crippen LogP contribution in [0.5, 0.6) is 5.75 Å². The minimum atomic E-state index is 0.0127. The van der Waals surface area contributed by atoms with Gasteiger partial charge in [-0.2, -0.15) is 5.10 Å². The van der Waals surface area contributed by atoms with Gasteiger partial charge in [0.25, 0.3) is 0 Å². The third-order valence-corrected chi connectivity index (χ3v) is 4.24. The number of benzene rings is 1. The Hall–Kier alpha value is -2.30. The predicted octanol–water partition coefficient (Wildman–Crippen LogP) is 1.70. The number of ether oxygens (including phenoxy) is 1. The van der Waals surface area contributed by atoms with Gasteiger partial charge in [-0.15, -0.1) is 0 Å². The van der Waals surface area contributed by atoms with Crippen LogP contribution in [0.2, 0.25) is 0 Å². The Kier molecular flexibility index (Phi) is 3.88. The van der Waals surface area contributed by atoms with Gasteiger partial charge in [0.05, 0.1) is 18.7 Å². The average Bonchev–Trinajstić information content (AvgIpc) is 3.01. The first-order valence-electron chi connectivity index (χ1n) is 7.55. The van der Waals surface area contributed by atoms with Crippen molar-refractivity contribution >= 4 is 5.91 Å². The fraction of sp³-hybridized carbons (Fsp3) is 0.412. The van der Waals surface area contributed by atoms with Crippen molar-refractivity contribution in [1.29, 1.82) is 0 Å². The van der Waals surface area contributed by atoms with Gasteiger partial charge in [-0.3, -0.25) is 9.48 Å². The molecule has 1 aliphatic heterocycles. The monoisotopic (exact) mass is 299 g/mol. The molecule has 1 N–H and O–H groups in total. The van der Waals surface area contributed by atoms with Gasteiger partial charge in [0.15, 0.2) is 0 Å². The van der Waals surface area contributed by atoms with Crippen LogP contribution in [0.1, 0.15) is 22.5 Å². The molecule has 0 bridgehead atoms. The second kappa shape index (κ2) is 5.83. The highest BCUT2D eigenvalue weighted by Crippen LogP contribution is 2.27. The van der Waals surface area contributed by atoms with Gasteiger partial charge in [-0.1, -0.05) is 18.2 Å². The average molecular weight is 299 g/mol. The van der Waals surface area contributed by atoms with Crippen molar-refractivity contribution in [2.24, 2.45) is 7.05 Å². The summed E-state index contributed by atoms with van der Waals surface area (Å²) in [5.74, 6) is 0.944. The second-order valence-electron chi connectivity index (χ2n) is 5.81. The largest absolute Gasteiger partial charge is 0.488 e. The molecule has 3 rings (SSSR count). The summed E-state index contributed by atoms with van der Waals surface area (Å²) in [5, 5.41) is 7.31. The van der Waals surface area contributed by atoms with Gasteiger partial charge in [0.1, 0.15) is 11.9 Å². The van der Waals surface area contributed by atoms with Crippen molar-refractivity contribution in [2.45, 2.75) is 32.8 Å². The van der Waals surface area contributed by atoms with E-state index in [9.17, 15) is 4.79 Å². The zero-order valence-corrected chi connectivity index (χ0v) is 13.2. The Bertz CT molecular complexity index is 681. The van der Waals surface area contributed by atoms with Gasteiger partial charge in [0, 0.05) is 24.7 Å². The maximum Gasteiger partial charge on any atom is 0.224 e. The summed E-state index contributed by atoms with van der Waals surface area (Å²) in [4.78, 5) is 12.2. The molecule has 0 aliphatic carbocycles. The maximum atomic E-state index is 12.2. The van der Waals surface area contributed by atoms with E-state index in [4.69, 9.17) is 4.74 Å². The van der Waals surface area contributed by atoms with Gasteiger partial charge in [0.2, 0.25) is 5.91 Å². The Labute approximate surface area is 130 Å². The van der Waals surface area contributed by atoms with E-state index in [0.717, 1.165) is 29.1 Å². The third-order valence-electron chi connectivity index (χ3n) is 4.24. The highest BCUT2D eigenvalue weighted by Gasteiger charge is 2.23. The molecule has 1 atom stereocenters. The van der Waals surface area contributed by atoms with Gasteiger partial charge in [-0.05, 0) is 25.5 Å². The van der Waals surface area contributed by atoms with Crippen LogP contribution in [-0.4, -0.2) is 28.3 Å². The number of hydrogen-bond donors (Lipinski definition) is 1. The van der Waals surface area contributed by atoms with Crippen molar-refractivity contribution in [1.82, 2.24) is 15.1 Å². The van der Waals surface area contributed by atoms with Crippen molar-refractivity contribution in [3.05, 3.63) is 46.8 Å². The number of rotatable bonds is 4. The molecular formula is C17H21N3O2. The van der Waals surface area contributed by atoms with E-state index in [1.165, 1.54) is 5.56 Å². The van der Waals surface area contributed by atoms with E-state index in [-0.39, 0.29) is 12.0 Å². The number of carbonyl (C=O) groups excluding carboxylic acids is 1. The number of nitrogens with zero attached hydrogens (tertiary/aromatic N) is 2. The van der Waals surface area contributed by atoms with Crippen LogP contribution >= 0.6 is 0 Å². The topological polar surface area (TPSA) is 56.2 Å². The molecule has 1 aromatic carbocycles. The van der Waals surface area contributed by atoms with E-state index >= 15 is 0 Å². The smallest absolute Gasteiger partial charge is 0.224 e. The van der Waals surface area contributed by atoms with Crippen molar-refractivity contribution in [2.75, 3.05) is 6.54 Å². The number of amides is 1. The van der Waals surface area contributed by atoms with E-state index in [0.29, 0.717) is 13.0 Å². The zero-order chi connectivity index (χ0) is 15.7. The molecule has 0 saturated carbocycles. The number of nitrogens with one attached hydrogen (secondary N) is 1. The molecule has 1 amide bonds. The summed E-state index contributed by atoms with van der Waals surface area (Å²) in [6.45, 7) is 4.46. The fourth-order valence-corrected chi connectivity index (χ4v) is 2.89. The van der Waals surface area contributed by atoms with E-state index < -0.39 is 0 Å². The maximum absolute atomic E-state index is 12.2. The van der Waals surface area contributed by atoms with E-state index in [1.54, 1.807) is 0 Å². The molecule has 2 aromatic rings. The standard InChI is InChI=1S/C17H21N3O2/c1-11-15(12(2)20(3)19-11)9-17(21)18-10-14-8-13-6-4-5-7-16(13)22-14/h4-7,14H,8-10H2,1-3H3,(H,18,21)/t14-/m0/s1. The summed E-state index contributed by atoms with van der Waals surface area (Å²) in [6, 6.07) is 8.02. The summed E-state index contributed by atoms with van der Waals surface area (Å²) in [5.41, 5.74) is 4.17. The number of aromatic nitrogens is 2. The zero-order valence-electron chi connectivity index (χ0n) is 13.2.